The lowest BCUT2D eigenvalue weighted by Gasteiger charge is -2.37. The summed E-state index contributed by atoms with van der Waals surface area (Å²) in [5.41, 5.74) is 4.91. The van der Waals surface area contributed by atoms with Gasteiger partial charge in [-0.2, -0.15) is 0 Å². The van der Waals surface area contributed by atoms with Gasteiger partial charge in [0.05, 0.1) is 22.4 Å². The zero-order valence-corrected chi connectivity index (χ0v) is 23.6. The molecule has 6 nitrogen and oxygen atoms in total. The highest BCUT2D eigenvalue weighted by molar-refractivity contribution is 7.80. The molecule has 4 atom stereocenters. The Labute approximate surface area is 239 Å². The number of aromatic nitrogens is 2. The SMILES string of the molecule is C[C@H]1C[C@H](C)CN(c2ccc(N3C(=S)N[C@@H](c4ccccn4)[C@@H]3c3cccn3-c3ccc(O)cc3)cc2Cl)C1. The minimum Gasteiger partial charge on any atom is -0.508 e. The third-order valence-electron chi connectivity index (χ3n) is 7.73. The van der Waals surface area contributed by atoms with Crippen molar-refractivity contribution >= 4 is 40.3 Å². The summed E-state index contributed by atoms with van der Waals surface area (Å²) < 4.78 is 2.13. The number of rotatable bonds is 5. The number of nitrogens with zero attached hydrogens (tertiary/aromatic N) is 4. The molecule has 2 aromatic carbocycles. The number of nitrogens with one attached hydrogen (secondary N) is 1. The van der Waals surface area contributed by atoms with Gasteiger partial charge < -0.3 is 24.8 Å². The predicted molar refractivity (Wildman–Crippen MR) is 162 cm³/mol. The van der Waals surface area contributed by atoms with Gasteiger partial charge in [0.1, 0.15) is 11.8 Å². The average Bonchev–Trinajstić information content (AvgIpc) is 3.53. The van der Waals surface area contributed by atoms with Crippen LogP contribution in [-0.2, 0) is 0 Å². The Bertz CT molecular complexity index is 1460. The second-order valence-electron chi connectivity index (χ2n) is 10.8. The van der Waals surface area contributed by atoms with E-state index in [-0.39, 0.29) is 17.8 Å². The third-order valence-corrected chi connectivity index (χ3v) is 8.35. The lowest BCUT2D eigenvalue weighted by Crippen LogP contribution is -2.38. The fourth-order valence-electron chi connectivity index (χ4n) is 6.18. The zero-order valence-electron chi connectivity index (χ0n) is 22.0. The van der Waals surface area contributed by atoms with Crippen molar-refractivity contribution in [2.75, 3.05) is 22.9 Å². The minimum atomic E-state index is -0.187. The zero-order chi connectivity index (χ0) is 27.1. The van der Waals surface area contributed by atoms with E-state index >= 15 is 0 Å². The van der Waals surface area contributed by atoms with Crippen LogP contribution in [0.15, 0.2) is 85.2 Å². The molecular weight excluding hydrogens is 526 g/mol. The van der Waals surface area contributed by atoms with Crippen molar-refractivity contribution in [1.29, 1.82) is 0 Å². The van der Waals surface area contributed by atoms with E-state index in [4.69, 9.17) is 23.8 Å². The molecule has 2 aliphatic rings. The minimum absolute atomic E-state index is 0.174. The maximum absolute atomic E-state index is 9.85. The Hall–Kier alpha value is -3.55. The Kier molecular flexibility index (Phi) is 6.95. The second kappa shape index (κ2) is 10.5. The number of aromatic hydroxyl groups is 1. The van der Waals surface area contributed by atoms with E-state index in [0.29, 0.717) is 16.9 Å². The molecule has 2 aromatic heterocycles. The number of phenols is 1. The number of piperidine rings is 1. The Morgan fingerprint density at radius 3 is 2.38 bits per heavy atom. The molecule has 2 fully saturated rings. The number of halogens is 1. The summed E-state index contributed by atoms with van der Waals surface area (Å²) in [5.74, 6) is 1.50. The summed E-state index contributed by atoms with van der Waals surface area (Å²) in [6.45, 7) is 6.64. The Morgan fingerprint density at radius 2 is 1.69 bits per heavy atom. The van der Waals surface area contributed by atoms with E-state index < -0.39 is 0 Å². The molecule has 0 amide bonds. The molecule has 0 bridgehead atoms. The van der Waals surface area contributed by atoms with Crippen molar-refractivity contribution in [3.05, 3.63) is 102 Å². The van der Waals surface area contributed by atoms with E-state index in [0.717, 1.165) is 46.6 Å². The van der Waals surface area contributed by atoms with Gasteiger partial charge in [-0.25, -0.2) is 0 Å². The summed E-state index contributed by atoms with van der Waals surface area (Å²) >= 11 is 12.9. The fraction of sp³-hybridized carbons (Fsp3) is 0.290. The van der Waals surface area contributed by atoms with Gasteiger partial charge in [0.25, 0.3) is 0 Å². The van der Waals surface area contributed by atoms with Gasteiger partial charge >= 0.3 is 0 Å². The number of phenolic OH excluding ortho intramolecular Hbond substituents is 1. The maximum atomic E-state index is 9.85. The van der Waals surface area contributed by atoms with Crippen molar-refractivity contribution in [3.63, 3.8) is 0 Å². The highest BCUT2D eigenvalue weighted by Gasteiger charge is 2.42. The summed E-state index contributed by atoms with van der Waals surface area (Å²) in [4.78, 5) is 9.24. The standard InChI is InChI=1S/C31H32ClN5OS/c1-20-16-21(2)19-35(18-20)27-13-10-23(17-25(27)32)37-30(29(34-31(37)39)26-6-3-4-14-33-26)28-7-5-15-36(28)22-8-11-24(38)12-9-22/h3-15,17,20-21,29-30,38H,16,18-19H2,1-2H3,(H,34,39)/t20-,21-,29-,30-/m0/s1. The number of hydrogen-bond acceptors (Lipinski definition) is 4. The van der Waals surface area contributed by atoms with Gasteiger partial charge in [-0.05, 0) is 97.2 Å². The molecule has 4 aromatic rings. The van der Waals surface area contributed by atoms with Crippen LogP contribution in [0.25, 0.3) is 5.69 Å². The third kappa shape index (κ3) is 4.97. The van der Waals surface area contributed by atoms with Crippen LogP contribution in [0, 0.1) is 11.8 Å². The molecule has 2 aliphatic heterocycles. The van der Waals surface area contributed by atoms with Gasteiger partial charge in [-0.15, -0.1) is 0 Å². The molecule has 200 valence electrons. The van der Waals surface area contributed by atoms with Gasteiger partial charge in [-0.1, -0.05) is 31.5 Å². The molecule has 0 radical (unpaired) electrons. The van der Waals surface area contributed by atoms with Crippen LogP contribution in [-0.4, -0.2) is 32.9 Å². The highest BCUT2D eigenvalue weighted by atomic mass is 35.5. The molecule has 6 rings (SSSR count). The smallest absolute Gasteiger partial charge is 0.174 e. The lowest BCUT2D eigenvalue weighted by molar-refractivity contribution is 0.357. The number of anilines is 2. The van der Waals surface area contributed by atoms with E-state index in [1.54, 1.807) is 12.1 Å². The first-order valence-electron chi connectivity index (χ1n) is 13.4. The van der Waals surface area contributed by atoms with Crippen LogP contribution in [0.2, 0.25) is 5.02 Å². The number of benzene rings is 2. The first-order chi connectivity index (χ1) is 18.9. The Morgan fingerprint density at radius 1 is 0.949 bits per heavy atom. The van der Waals surface area contributed by atoms with Crippen molar-refractivity contribution in [3.8, 4) is 11.4 Å². The average molecular weight is 558 g/mol. The number of thiocarbonyl (C=S) groups is 1. The maximum Gasteiger partial charge on any atom is 0.174 e. The quantitative estimate of drug-likeness (QED) is 0.261. The van der Waals surface area contributed by atoms with E-state index in [1.807, 2.05) is 54.9 Å². The van der Waals surface area contributed by atoms with Gasteiger partial charge in [0.2, 0.25) is 0 Å². The van der Waals surface area contributed by atoms with Crippen LogP contribution in [0.4, 0.5) is 11.4 Å². The molecule has 0 aliphatic carbocycles. The summed E-state index contributed by atoms with van der Waals surface area (Å²) in [5, 5.41) is 14.7. The fourth-order valence-corrected chi connectivity index (χ4v) is 6.82. The molecule has 2 saturated heterocycles. The van der Waals surface area contributed by atoms with Crippen molar-refractivity contribution in [2.45, 2.75) is 32.4 Å². The summed E-state index contributed by atoms with van der Waals surface area (Å²) in [6, 6.07) is 23.2. The van der Waals surface area contributed by atoms with Crippen LogP contribution < -0.4 is 15.1 Å². The van der Waals surface area contributed by atoms with Crippen LogP contribution >= 0.6 is 23.8 Å². The molecule has 4 heterocycles. The normalized spacial score (nSPS) is 23.2. The lowest BCUT2D eigenvalue weighted by atomic mass is 9.91. The number of pyridine rings is 1. The highest BCUT2D eigenvalue weighted by Crippen LogP contribution is 2.44. The first-order valence-corrected chi connectivity index (χ1v) is 14.2. The molecule has 0 spiro atoms. The van der Waals surface area contributed by atoms with Crippen LogP contribution in [0.5, 0.6) is 5.75 Å². The molecule has 0 unspecified atom stereocenters. The topological polar surface area (TPSA) is 56.6 Å². The second-order valence-corrected chi connectivity index (χ2v) is 11.6. The molecule has 39 heavy (non-hydrogen) atoms. The van der Waals surface area contributed by atoms with Crippen molar-refractivity contribution in [1.82, 2.24) is 14.9 Å². The van der Waals surface area contributed by atoms with Gasteiger partial charge in [0.15, 0.2) is 5.11 Å². The first kappa shape index (κ1) is 25.7. The molecule has 0 saturated carbocycles. The van der Waals surface area contributed by atoms with Gasteiger partial charge in [-0.3, -0.25) is 4.98 Å². The summed E-state index contributed by atoms with van der Waals surface area (Å²) in [6.07, 6.45) is 5.09. The number of hydrogen-bond donors (Lipinski definition) is 2. The van der Waals surface area contributed by atoms with E-state index in [1.165, 1.54) is 6.42 Å². The van der Waals surface area contributed by atoms with Crippen molar-refractivity contribution < 1.29 is 5.11 Å². The molecular formula is C31H32ClN5OS. The largest absolute Gasteiger partial charge is 0.508 e. The van der Waals surface area contributed by atoms with Crippen LogP contribution in [0.3, 0.4) is 0 Å². The predicted octanol–water partition coefficient (Wildman–Crippen LogP) is 6.89. The Balaban J connectivity index is 1.42. The van der Waals surface area contributed by atoms with Crippen LogP contribution in [0.1, 0.15) is 43.7 Å². The molecule has 2 N–H and O–H groups in total. The molecule has 8 heteroatoms. The van der Waals surface area contributed by atoms with E-state index in [9.17, 15) is 5.11 Å². The van der Waals surface area contributed by atoms with Crippen molar-refractivity contribution in [2.24, 2.45) is 11.8 Å². The van der Waals surface area contributed by atoms with E-state index in [2.05, 4.69) is 56.7 Å². The monoisotopic (exact) mass is 557 g/mol. The summed E-state index contributed by atoms with van der Waals surface area (Å²) in [7, 11) is 0. The van der Waals surface area contributed by atoms with Gasteiger partial charge in [0, 0.05) is 42.6 Å².